The van der Waals surface area contributed by atoms with Gasteiger partial charge in [-0.15, -0.1) is 0 Å². The van der Waals surface area contributed by atoms with Gasteiger partial charge in [0, 0.05) is 11.8 Å². The molecule has 9 heteroatoms. The topological polar surface area (TPSA) is 83.0 Å². The molecular weight excluding hydrogens is 387 g/mol. The predicted octanol–water partition coefficient (Wildman–Crippen LogP) is 4.17. The zero-order valence-corrected chi connectivity index (χ0v) is 14.9. The van der Waals surface area contributed by atoms with Gasteiger partial charge in [-0.2, -0.15) is 5.10 Å². The average Bonchev–Trinajstić information content (AvgIpc) is 3.11. The summed E-state index contributed by atoms with van der Waals surface area (Å²) >= 11 is 17.6. The maximum atomic E-state index is 12.2. The van der Waals surface area contributed by atoms with Crippen LogP contribution in [0.3, 0.4) is 0 Å². The predicted molar refractivity (Wildman–Crippen MR) is 96.4 cm³/mol. The van der Waals surface area contributed by atoms with Gasteiger partial charge in [-0.3, -0.25) is 0 Å². The van der Waals surface area contributed by atoms with Crippen molar-refractivity contribution in [2.75, 3.05) is 5.73 Å². The molecule has 0 atom stereocenters. The highest BCUT2D eigenvalue weighted by Gasteiger charge is 2.21. The van der Waals surface area contributed by atoms with Gasteiger partial charge in [0.15, 0.2) is 10.8 Å². The van der Waals surface area contributed by atoms with E-state index in [-0.39, 0.29) is 33.2 Å². The number of rotatable bonds is 4. The summed E-state index contributed by atoms with van der Waals surface area (Å²) in [6.07, 6.45) is 3.35. The van der Waals surface area contributed by atoms with Crippen molar-refractivity contribution in [3.8, 4) is 5.69 Å². The molecule has 2 N–H and O–H groups in total. The fourth-order valence-corrected chi connectivity index (χ4v) is 2.63. The molecule has 2 aromatic heterocycles. The fraction of sp³-hybridized carbons (Fsp3) is 0.0625. The van der Waals surface area contributed by atoms with Crippen molar-refractivity contribution in [2.45, 2.75) is 6.61 Å². The van der Waals surface area contributed by atoms with Gasteiger partial charge < -0.3 is 10.5 Å². The number of ether oxygens (including phenoxy) is 1. The van der Waals surface area contributed by atoms with Crippen LogP contribution >= 0.6 is 34.8 Å². The van der Waals surface area contributed by atoms with Crippen LogP contribution in [0, 0.1) is 0 Å². The highest BCUT2D eigenvalue weighted by molar-refractivity contribution is 6.46. The number of pyridine rings is 1. The van der Waals surface area contributed by atoms with E-state index in [4.69, 9.17) is 45.3 Å². The van der Waals surface area contributed by atoms with Crippen molar-refractivity contribution < 1.29 is 9.53 Å². The molecule has 128 valence electrons. The van der Waals surface area contributed by atoms with E-state index in [0.717, 1.165) is 5.69 Å². The van der Waals surface area contributed by atoms with E-state index in [2.05, 4.69) is 10.1 Å². The van der Waals surface area contributed by atoms with Crippen molar-refractivity contribution in [3.63, 3.8) is 0 Å². The molecule has 6 nitrogen and oxygen atoms in total. The van der Waals surface area contributed by atoms with E-state index in [9.17, 15) is 4.79 Å². The second-order valence-electron chi connectivity index (χ2n) is 5.00. The van der Waals surface area contributed by atoms with Gasteiger partial charge in [-0.05, 0) is 12.1 Å². The zero-order valence-electron chi connectivity index (χ0n) is 12.6. The summed E-state index contributed by atoms with van der Waals surface area (Å²) in [7, 11) is 0. The van der Waals surface area contributed by atoms with Crippen molar-refractivity contribution in [3.05, 3.63) is 69.2 Å². The van der Waals surface area contributed by atoms with Crippen LogP contribution in [-0.4, -0.2) is 20.7 Å². The number of nitrogens with zero attached hydrogens (tertiary/aromatic N) is 3. The number of esters is 1. The van der Waals surface area contributed by atoms with Crippen LogP contribution in [0.2, 0.25) is 15.2 Å². The maximum absolute atomic E-state index is 12.2. The summed E-state index contributed by atoms with van der Waals surface area (Å²) in [5.41, 5.74) is 7.06. The molecule has 0 saturated heterocycles. The molecule has 3 rings (SSSR count). The Kier molecular flexibility index (Phi) is 5.13. The Balaban J connectivity index is 1.73. The standard InChI is InChI=1S/C16H11Cl3N4O2/c17-11-13(20)12(18)15(19)22-14(11)16(24)25-8-9-6-21-23(7-9)10-4-2-1-3-5-10/h1-7H,8H2,(H2,20,22). The van der Waals surface area contributed by atoms with Crippen molar-refractivity contribution in [2.24, 2.45) is 0 Å². The van der Waals surface area contributed by atoms with E-state index >= 15 is 0 Å². The van der Waals surface area contributed by atoms with Gasteiger partial charge in [-0.25, -0.2) is 14.5 Å². The molecule has 0 spiro atoms. The van der Waals surface area contributed by atoms with Gasteiger partial charge in [-0.1, -0.05) is 53.0 Å². The largest absolute Gasteiger partial charge is 0.456 e. The number of nitrogens with two attached hydrogens (primary N) is 1. The fourth-order valence-electron chi connectivity index (χ4n) is 2.04. The molecule has 25 heavy (non-hydrogen) atoms. The van der Waals surface area contributed by atoms with E-state index in [0.29, 0.717) is 5.56 Å². The quantitative estimate of drug-likeness (QED) is 0.528. The van der Waals surface area contributed by atoms with Crippen LogP contribution in [-0.2, 0) is 11.3 Å². The Morgan fingerprint density at radius 3 is 2.60 bits per heavy atom. The van der Waals surface area contributed by atoms with Crippen molar-refractivity contribution >= 4 is 46.5 Å². The first-order chi connectivity index (χ1) is 12.0. The highest BCUT2D eigenvalue weighted by Crippen LogP contribution is 2.34. The molecule has 0 aliphatic rings. The number of anilines is 1. The summed E-state index contributed by atoms with van der Waals surface area (Å²) < 4.78 is 6.87. The van der Waals surface area contributed by atoms with Crippen LogP contribution in [0.15, 0.2) is 42.7 Å². The number of carbonyl (C=O) groups excluding carboxylic acids is 1. The van der Waals surface area contributed by atoms with Crippen LogP contribution < -0.4 is 5.73 Å². The minimum atomic E-state index is -0.761. The third-order valence-electron chi connectivity index (χ3n) is 3.29. The number of hydrogen-bond acceptors (Lipinski definition) is 5. The summed E-state index contributed by atoms with van der Waals surface area (Å²) in [5.74, 6) is -0.761. The molecule has 3 aromatic rings. The number of carbonyl (C=O) groups is 1. The second kappa shape index (κ2) is 7.31. The summed E-state index contributed by atoms with van der Waals surface area (Å²) in [6, 6.07) is 9.53. The van der Waals surface area contributed by atoms with Crippen LogP contribution in [0.4, 0.5) is 5.69 Å². The van der Waals surface area contributed by atoms with Gasteiger partial charge in [0.1, 0.15) is 11.6 Å². The SMILES string of the molecule is Nc1c(Cl)c(Cl)nc(C(=O)OCc2cnn(-c3ccccc3)c2)c1Cl. The van der Waals surface area contributed by atoms with Crippen LogP contribution in [0.1, 0.15) is 16.1 Å². The van der Waals surface area contributed by atoms with Gasteiger partial charge >= 0.3 is 5.97 Å². The Labute approximate surface area is 158 Å². The molecule has 0 unspecified atom stereocenters. The van der Waals surface area contributed by atoms with Crippen molar-refractivity contribution in [1.29, 1.82) is 0 Å². The third kappa shape index (κ3) is 3.71. The smallest absolute Gasteiger partial charge is 0.358 e. The molecule has 0 aliphatic carbocycles. The summed E-state index contributed by atoms with van der Waals surface area (Å²) in [6.45, 7) is -0.0101. The molecule has 1 aromatic carbocycles. The zero-order chi connectivity index (χ0) is 18.0. The van der Waals surface area contributed by atoms with Crippen LogP contribution in [0.5, 0.6) is 0 Å². The Bertz CT molecular complexity index is 929. The monoisotopic (exact) mass is 396 g/mol. The molecule has 2 heterocycles. The number of para-hydroxylation sites is 1. The first-order valence-corrected chi connectivity index (χ1v) is 8.17. The molecule has 0 saturated carbocycles. The molecule has 0 aliphatic heterocycles. The summed E-state index contributed by atoms with van der Waals surface area (Å²) in [4.78, 5) is 16.0. The Morgan fingerprint density at radius 1 is 1.16 bits per heavy atom. The first kappa shape index (κ1) is 17.5. The number of nitrogen functional groups attached to an aromatic ring is 1. The normalized spacial score (nSPS) is 10.7. The molecular formula is C16H11Cl3N4O2. The third-order valence-corrected chi connectivity index (χ3v) is 4.43. The van der Waals surface area contributed by atoms with Gasteiger partial charge in [0.25, 0.3) is 0 Å². The Morgan fingerprint density at radius 2 is 1.88 bits per heavy atom. The first-order valence-electron chi connectivity index (χ1n) is 7.03. The lowest BCUT2D eigenvalue weighted by Crippen LogP contribution is -2.10. The number of halogens is 3. The van der Waals surface area contributed by atoms with E-state index in [1.54, 1.807) is 17.1 Å². The molecule has 0 radical (unpaired) electrons. The minimum absolute atomic E-state index is 0.00708. The lowest BCUT2D eigenvalue weighted by atomic mass is 10.3. The molecule has 0 fully saturated rings. The van der Waals surface area contributed by atoms with Gasteiger partial charge in [0.05, 0.1) is 22.6 Å². The number of hydrogen-bond donors (Lipinski definition) is 1. The second-order valence-corrected chi connectivity index (χ2v) is 6.11. The lowest BCUT2D eigenvalue weighted by molar-refractivity contribution is 0.0466. The molecule has 0 amide bonds. The van der Waals surface area contributed by atoms with E-state index < -0.39 is 5.97 Å². The van der Waals surface area contributed by atoms with Crippen molar-refractivity contribution in [1.82, 2.24) is 14.8 Å². The minimum Gasteiger partial charge on any atom is -0.456 e. The summed E-state index contributed by atoms with van der Waals surface area (Å²) in [5, 5.41) is 4.00. The molecule has 0 bridgehead atoms. The van der Waals surface area contributed by atoms with Gasteiger partial charge in [0.2, 0.25) is 0 Å². The number of aromatic nitrogens is 3. The average molecular weight is 398 g/mol. The number of benzene rings is 1. The van der Waals surface area contributed by atoms with E-state index in [1.165, 1.54) is 0 Å². The Hall–Kier alpha value is -2.28. The van der Waals surface area contributed by atoms with E-state index in [1.807, 2.05) is 30.3 Å². The van der Waals surface area contributed by atoms with Crippen LogP contribution in [0.25, 0.3) is 5.69 Å². The highest BCUT2D eigenvalue weighted by atomic mass is 35.5. The maximum Gasteiger partial charge on any atom is 0.358 e. The lowest BCUT2D eigenvalue weighted by Gasteiger charge is -2.08.